The monoisotopic (exact) mass is 427 g/mol. The number of piperidine rings is 1. The van der Waals surface area contributed by atoms with E-state index in [9.17, 15) is 4.79 Å². The molecule has 0 atom stereocenters. The average molecular weight is 428 g/mol. The Morgan fingerprint density at radius 1 is 1.03 bits per heavy atom. The summed E-state index contributed by atoms with van der Waals surface area (Å²) in [6, 6.07) is 17.8. The Bertz CT molecular complexity index is 1210. The molecule has 3 aromatic heterocycles. The van der Waals surface area contributed by atoms with Gasteiger partial charge in [-0.1, -0.05) is 35.9 Å². The lowest BCUT2D eigenvalue weighted by atomic mass is 9.96. The van der Waals surface area contributed by atoms with Crippen LogP contribution in [0.5, 0.6) is 0 Å². The first-order chi connectivity index (χ1) is 15.7. The maximum absolute atomic E-state index is 12.6. The van der Waals surface area contributed by atoms with Crippen LogP contribution in [0.3, 0.4) is 0 Å². The molecule has 1 fully saturated rings. The van der Waals surface area contributed by atoms with E-state index in [-0.39, 0.29) is 11.8 Å². The Hall–Kier alpha value is -3.81. The predicted molar refractivity (Wildman–Crippen MR) is 122 cm³/mol. The Labute approximate surface area is 186 Å². The molecule has 0 unspecified atom stereocenters. The highest BCUT2D eigenvalue weighted by Gasteiger charge is 2.26. The number of hydrogen-bond acceptors (Lipinski definition) is 6. The van der Waals surface area contributed by atoms with Gasteiger partial charge in [0.25, 0.3) is 0 Å². The summed E-state index contributed by atoms with van der Waals surface area (Å²) in [6.45, 7) is 4.09. The molecule has 5 rings (SSSR count). The lowest BCUT2D eigenvalue weighted by Gasteiger charge is -2.32. The second-order valence-electron chi connectivity index (χ2n) is 8.15. The Kier molecular flexibility index (Phi) is 5.49. The summed E-state index contributed by atoms with van der Waals surface area (Å²) >= 11 is 0. The van der Waals surface area contributed by atoms with Gasteiger partial charge in [-0.05, 0) is 44.0 Å². The summed E-state index contributed by atoms with van der Waals surface area (Å²) in [4.78, 5) is 19.1. The maximum Gasteiger partial charge on any atom is 0.223 e. The summed E-state index contributed by atoms with van der Waals surface area (Å²) in [5.41, 5.74) is 3.77. The number of carbonyl (C=O) groups excluding carboxylic acids is 1. The molecule has 4 heterocycles. The largest absolute Gasteiger partial charge is 0.355 e. The summed E-state index contributed by atoms with van der Waals surface area (Å²) < 4.78 is 1.80. The van der Waals surface area contributed by atoms with Crippen molar-refractivity contribution in [2.24, 2.45) is 5.92 Å². The maximum atomic E-state index is 12.6. The van der Waals surface area contributed by atoms with E-state index in [1.165, 1.54) is 5.56 Å². The zero-order valence-corrected chi connectivity index (χ0v) is 18.0. The predicted octanol–water partition coefficient (Wildman–Crippen LogP) is 3.03. The number of anilines is 1. The van der Waals surface area contributed by atoms with Gasteiger partial charge in [0, 0.05) is 30.8 Å². The second-order valence-corrected chi connectivity index (χ2v) is 8.15. The molecule has 162 valence electrons. The number of nitrogens with zero attached hydrogens (tertiary/aromatic N) is 6. The van der Waals surface area contributed by atoms with Crippen molar-refractivity contribution in [2.75, 3.05) is 18.0 Å². The number of aryl methyl sites for hydroxylation is 1. The number of rotatable bonds is 5. The van der Waals surface area contributed by atoms with E-state index in [0.717, 1.165) is 48.8 Å². The molecule has 8 heteroatoms. The van der Waals surface area contributed by atoms with Crippen molar-refractivity contribution < 1.29 is 4.79 Å². The molecule has 8 nitrogen and oxygen atoms in total. The van der Waals surface area contributed by atoms with Crippen LogP contribution >= 0.6 is 0 Å². The Morgan fingerprint density at radius 2 is 1.84 bits per heavy atom. The number of aromatic nitrogens is 5. The third kappa shape index (κ3) is 4.16. The number of pyridine rings is 1. The first-order valence-electron chi connectivity index (χ1n) is 10.9. The molecule has 32 heavy (non-hydrogen) atoms. The van der Waals surface area contributed by atoms with Crippen molar-refractivity contribution in [3.8, 4) is 11.4 Å². The number of amides is 1. The molecule has 1 amide bonds. The third-order valence-corrected chi connectivity index (χ3v) is 5.92. The molecule has 1 aliphatic rings. The minimum Gasteiger partial charge on any atom is -0.355 e. The minimum atomic E-state index is 0.0109. The fraction of sp³-hybridized carbons (Fsp3) is 0.292. The van der Waals surface area contributed by atoms with E-state index in [4.69, 9.17) is 5.10 Å². The van der Waals surface area contributed by atoms with Crippen LogP contribution in [0.25, 0.3) is 17.0 Å². The zero-order valence-electron chi connectivity index (χ0n) is 18.0. The molecule has 0 radical (unpaired) electrons. The van der Waals surface area contributed by atoms with Crippen LogP contribution in [0.1, 0.15) is 24.1 Å². The number of benzene rings is 1. The summed E-state index contributed by atoms with van der Waals surface area (Å²) in [6.07, 6.45) is 3.32. The smallest absolute Gasteiger partial charge is 0.223 e. The first-order valence-corrected chi connectivity index (χ1v) is 10.9. The molecular formula is C24H25N7O. The normalized spacial score (nSPS) is 14.6. The zero-order chi connectivity index (χ0) is 21.9. The SMILES string of the molecule is Cc1ccc(-c2nnc3ccc(N4CCC(C(=O)NCc5ccccn5)CC4)nn23)cc1. The highest BCUT2D eigenvalue weighted by atomic mass is 16.1. The van der Waals surface area contributed by atoms with E-state index < -0.39 is 0 Å². The number of nitrogens with one attached hydrogen (secondary N) is 1. The average Bonchev–Trinajstić information content (AvgIpc) is 3.27. The van der Waals surface area contributed by atoms with Crippen LogP contribution in [0.15, 0.2) is 60.8 Å². The van der Waals surface area contributed by atoms with Crippen LogP contribution in [0.2, 0.25) is 0 Å². The molecule has 4 aromatic rings. The van der Waals surface area contributed by atoms with Crippen LogP contribution in [-0.4, -0.2) is 43.8 Å². The number of fused-ring (bicyclic) bond motifs is 1. The molecule has 1 aromatic carbocycles. The standard InChI is InChI=1S/C24H25N7O/c1-17-5-7-18(8-6-17)23-28-27-21-9-10-22(29-31(21)23)30-14-11-19(12-15-30)24(32)26-16-20-4-2-3-13-25-20/h2-10,13,19H,11-12,14-16H2,1H3,(H,26,32). The van der Waals surface area contributed by atoms with E-state index in [2.05, 4.69) is 44.5 Å². The molecule has 1 saturated heterocycles. The minimum absolute atomic E-state index is 0.0109. The molecule has 0 aliphatic carbocycles. The lowest BCUT2D eigenvalue weighted by Crippen LogP contribution is -2.40. The van der Waals surface area contributed by atoms with Crippen LogP contribution in [0.4, 0.5) is 5.82 Å². The van der Waals surface area contributed by atoms with Gasteiger partial charge in [-0.3, -0.25) is 9.78 Å². The van der Waals surface area contributed by atoms with Crippen molar-refractivity contribution in [3.05, 3.63) is 72.1 Å². The van der Waals surface area contributed by atoms with E-state index >= 15 is 0 Å². The Morgan fingerprint density at radius 3 is 2.59 bits per heavy atom. The molecular weight excluding hydrogens is 402 g/mol. The van der Waals surface area contributed by atoms with Gasteiger partial charge in [0.15, 0.2) is 11.5 Å². The van der Waals surface area contributed by atoms with E-state index in [1.54, 1.807) is 10.7 Å². The highest BCUT2D eigenvalue weighted by Crippen LogP contribution is 2.24. The van der Waals surface area contributed by atoms with Crippen LogP contribution < -0.4 is 10.2 Å². The molecule has 0 bridgehead atoms. The van der Waals surface area contributed by atoms with Gasteiger partial charge in [-0.2, -0.15) is 4.52 Å². The quantitative estimate of drug-likeness (QED) is 0.527. The van der Waals surface area contributed by atoms with Gasteiger partial charge < -0.3 is 10.2 Å². The molecule has 0 saturated carbocycles. The van der Waals surface area contributed by atoms with E-state index in [1.807, 2.05) is 42.5 Å². The summed E-state index contributed by atoms with van der Waals surface area (Å²) in [5, 5.41) is 16.4. The van der Waals surface area contributed by atoms with Gasteiger partial charge in [-0.25, -0.2) is 0 Å². The van der Waals surface area contributed by atoms with Crippen molar-refractivity contribution in [1.82, 2.24) is 30.1 Å². The lowest BCUT2D eigenvalue weighted by molar-refractivity contribution is -0.125. The molecule has 1 aliphatic heterocycles. The van der Waals surface area contributed by atoms with Gasteiger partial charge in [-0.15, -0.1) is 15.3 Å². The van der Waals surface area contributed by atoms with Crippen molar-refractivity contribution in [2.45, 2.75) is 26.3 Å². The highest BCUT2D eigenvalue weighted by molar-refractivity contribution is 5.79. The van der Waals surface area contributed by atoms with Crippen LogP contribution in [0, 0.1) is 12.8 Å². The fourth-order valence-electron chi connectivity index (χ4n) is 4.03. The van der Waals surface area contributed by atoms with Crippen molar-refractivity contribution in [1.29, 1.82) is 0 Å². The van der Waals surface area contributed by atoms with Crippen LogP contribution in [-0.2, 0) is 11.3 Å². The number of carbonyl (C=O) groups is 1. The topological polar surface area (TPSA) is 88.3 Å². The van der Waals surface area contributed by atoms with Crippen molar-refractivity contribution in [3.63, 3.8) is 0 Å². The summed E-state index contributed by atoms with van der Waals surface area (Å²) in [7, 11) is 0. The van der Waals surface area contributed by atoms with Crippen molar-refractivity contribution >= 4 is 17.4 Å². The van der Waals surface area contributed by atoms with E-state index in [0.29, 0.717) is 12.2 Å². The van der Waals surface area contributed by atoms with Gasteiger partial charge in [0.05, 0.1) is 12.2 Å². The van der Waals surface area contributed by atoms with Gasteiger partial charge >= 0.3 is 0 Å². The molecule has 1 N–H and O–H groups in total. The number of hydrogen-bond donors (Lipinski definition) is 1. The summed E-state index contributed by atoms with van der Waals surface area (Å²) in [5.74, 6) is 1.71. The molecule has 0 spiro atoms. The Balaban J connectivity index is 1.25. The fourth-order valence-corrected chi connectivity index (χ4v) is 4.03. The third-order valence-electron chi connectivity index (χ3n) is 5.92. The second kappa shape index (κ2) is 8.74. The van der Waals surface area contributed by atoms with Gasteiger partial charge in [0.1, 0.15) is 5.82 Å². The van der Waals surface area contributed by atoms with Gasteiger partial charge in [0.2, 0.25) is 5.91 Å². The first kappa shape index (κ1) is 20.1.